The Balaban J connectivity index is 3.56. The molecule has 0 spiro atoms. The van der Waals surface area contributed by atoms with Gasteiger partial charge in [-0.25, -0.2) is 0 Å². The monoisotopic (exact) mass is 869 g/mol. The molecule has 0 saturated carbocycles. The molecule has 1 heterocycles. The van der Waals surface area contributed by atoms with Gasteiger partial charge < -0.3 is 27.9 Å². The van der Waals surface area contributed by atoms with Crippen LogP contribution in [0.3, 0.4) is 0 Å². The molecule has 0 aliphatic carbocycles. The maximum atomic E-state index is 12.2. The van der Waals surface area contributed by atoms with Gasteiger partial charge in [-0.1, -0.05) is 135 Å². The lowest BCUT2D eigenvalue weighted by atomic mass is 9.77. The molecule has 12 atom stereocenters. The fourth-order valence-corrected chi connectivity index (χ4v) is 19.2. The van der Waals surface area contributed by atoms with Crippen LogP contribution in [0.5, 0.6) is 0 Å². The molecule has 0 aromatic heterocycles. The molecule has 1 saturated heterocycles. The molecule has 0 bridgehead atoms. The maximum Gasteiger partial charge on any atom is 0.192 e. The third-order valence-electron chi connectivity index (χ3n) is 15.4. The topological polar surface area (TPSA) is 66.4 Å². The zero-order valence-corrected chi connectivity index (χ0v) is 44.8. The van der Waals surface area contributed by atoms with E-state index < -0.39 is 31.1 Å². The van der Waals surface area contributed by atoms with Crippen molar-refractivity contribution in [2.45, 2.75) is 247 Å². The van der Waals surface area contributed by atoms with Crippen molar-refractivity contribution in [1.82, 2.24) is 0 Å². The Bertz CT molecular complexity index is 1110. The van der Waals surface area contributed by atoms with Crippen molar-refractivity contribution in [3.63, 3.8) is 0 Å². The molecule has 6 nitrogen and oxygen atoms in total. The average molecular weight is 870 g/mol. The number of aliphatic hydroxyl groups excluding tert-OH is 1. The van der Waals surface area contributed by atoms with Crippen LogP contribution in [0.25, 0.3) is 0 Å². The van der Waals surface area contributed by atoms with Crippen molar-refractivity contribution < 1.29 is 27.9 Å². The van der Waals surface area contributed by atoms with Crippen LogP contribution in [0.15, 0.2) is 23.8 Å². The zero-order chi connectivity index (χ0) is 44.3. The highest BCUT2D eigenvalue weighted by Gasteiger charge is 2.47. The number of methoxy groups -OCH3 is 1. The number of ether oxygens (including phenoxy) is 2. The van der Waals surface area contributed by atoms with Gasteiger partial charge in [-0.15, -0.1) is 0 Å². The van der Waals surface area contributed by atoms with Gasteiger partial charge in [-0.3, -0.25) is 0 Å². The third kappa shape index (κ3) is 15.9. The van der Waals surface area contributed by atoms with E-state index in [1.807, 2.05) is 0 Å². The molecule has 344 valence electrons. The molecule has 0 aromatic carbocycles. The molecule has 0 aromatic rings. The van der Waals surface area contributed by atoms with Crippen LogP contribution in [0.1, 0.15) is 156 Å². The van der Waals surface area contributed by atoms with E-state index >= 15 is 0 Å². The molecule has 1 aliphatic heterocycles. The molecule has 58 heavy (non-hydrogen) atoms. The summed E-state index contributed by atoms with van der Waals surface area (Å²) in [5, 5.41) is 12.2. The average Bonchev–Trinajstić information content (AvgIpc) is 3.24. The van der Waals surface area contributed by atoms with Gasteiger partial charge in [0.25, 0.3) is 0 Å². The van der Waals surface area contributed by atoms with Crippen molar-refractivity contribution in [2.75, 3.05) is 7.11 Å². The van der Waals surface area contributed by atoms with Crippen LogP contribution in [-0.2, 0) is 22.8 Å². The van der Waals surface area contributed by atoms with Gasteiger partial charge >= 0.3 is 0 Å². The molecule has 0 radical (unpaired) electrons. The smallest absolute Gasteiger partial charge is 0.192 e. The van der Waals surface area contributed by atoms with Crippen molar-refractivity contribution in [2.24, 2.45) is 35.5 Å². The molecular formula is C49H100O6Si3. The summed E-state index contributed by atoms with van der Waals surface area (Å²) in [7, 11) is -4.11. The maximum absolute atomic E-state index is 12.2. The minimum Gasteiger partial charge on any atom is -0.413 e. The number of allylic oxidation sites excluding steroid dienone is 2. The van der Waals surface area contributed by atoms with Crippen LogP contribution in [-0.4, -0.2) is 74.0 Å². The Morgan fingerprint density at radius 2 is 1.17 bits per heavy atom. The van der Waals surface area contributed by atoms with Crippen LogP contribution >= 0.6 is 0 Å². The van der Waals surface area contributed by atoms with Gasteiger partial charge in [0.15, 0.2) is 31.2 Å². The van der Waals surface area contributed by atoms with Crippen LogP contribution in [0.4, 0.5) is 0 Å². The third-order valence-corrected chi connectivity index (χ3v) is 29.3. The van der Waals surface area contributed by atoms with Crippen molar-refractivity contribution in [3.05, 3.63) is 23.8 Å². The highest BCUT2D eigenvalue weighted by Crippen LogP contribution is 2.41. The van der Waals surface area contributed by atoms with Crippen LogP contribution < -0.4 is 0 Å². The number of hydrogen-bond acceptors (Lipinski definition) is 6. The van der Waals surface area contributed by atoms with Crippen LogP contribution in [0, 0.1) is 35.5 Å². The second-order valence-corrected chi connectivity index (χ2v) is 33.1. The summed E-state index contributed by atoms with van der Waals surface area (Å²) in [6.45, 7) is 39.5. The quantitative estimate of drug-likeness (QED) is 0.0553. The largest absolute Gasteiger partial charge is 0.413 e. The summed E-state index contributed by atoms with van der Waals surface area (Å²) in [6, 6.07) is 9.99. The normalized spacial score (nSPS) is 23.6. The lowest BCUT2D eigenvalue weighted by Gasteiger charge is -2.48. The standard InChI is InChI=1S/C49H100O6Si3/c1-19-31-37(11)36-40(14)46(53-56(20-2,21-3)22-4)38(12)32-29-30-33-44(50)41(15)48(54-57(23-5,24-6)25-7)43(17)49(55-58(26-8,27-9)28-10)42(16)47-39(13)34-35-45(51-18)52-47/h29,32,36-39,41-50H,19-28,30-31,33-35H2,1-18H3/b32-29+,40-36+/t37-,38-,39+,41+,42-,43+,44-,45+,46-,47+,48+,49-/m1/s1. The van der Waals surface area contributed by atoms with E-state index in [1.54, 1.807) is 7.11 Å². The second-order valence-electron chi connectivity index (χ2n) is 18.9. The lowest BCUT2D eigenvalue weighted by molar-refractivity contribution is -0.218. The van der Waals surface area contributed by atoms with Gasteiger partial charge in [-0.2, -0.15) is 0 Å². The minimum absolute atomic E-state index is 0.0365. The molecule has 1 aliphatic rings. The Morgan fingerprint density at radius 3 is 1.64 bits per heavy atom. The van der Waals surface area contributed by atoms with E-state index in [-0.39, 0.29) is 54.4 Å². The molecular weight excluding hydrogens is 769 g/mol. The lowest BCUT2D eigenvalue weighted by Crippen LogP contribution is -2.55. The van der Waals surface area contributed by atoms with E-state index in [4.69, 9.17) is 22.8 Å². The van der Waals surface area contributed by atoms with E-state index in [2.05, 4.69) is 136 Å². The predicted molar refractivity (Wildman–Crippen MR) is 259 cm³/mol. The first-order valence-electron chi connectivity index (χ1n) is 24.7. The highest BCUT2D eigenvalue weighted by molar-refractivity contribution is 6.74. The van der Waals surface area contributed by atoms with E-state index in [0.29, 0.717) is 18.3 Å². The van der Waals surface area contributed by atoms with Crippen molar-refractivity contribution in [1.29, 1.82) is 0 Å². The summed E-state index contributed by atoms with van der Waals surface area (Å²) in [5.74, 6) is 1.44. The molecule has 9 heteroatoms. The summed E-state index contributed by atoms with van der Waals surface area (Å²) >= 11 is 0. The fourth-order valence-electron chi connectivity index (χ4n) is 10.2. The Labute approximate surface area is 365 Å². The van der Waals surface area contributed by atoms with Gasteiger partial charge in [0.2, 0.25) is 0 Å². The fraction of sp³-hybridized carbons (Fsp3) is 0.918. The molecule has 1 fully saturated rings. The second kappa shape index (κ2) is 27.8. The first-order valence-corrected chi connectivity index (χ1v) is 32.3. The SMILES string of the molecule is CCC[C@@H](C)/C=C(\C)[C@H](O[Si](CC)(CC)CC)[C@H](C)/C=C/CC[C@@H](O)[C@H](C)[C@H](O[Si](CC)(CC)CC)[C@H](C)[C@H](O[Si](CC)(CC)CC)[C@H](C)[C@H]1O[C@H](OC)CC[C@@H]1C. The zero-order valence-electron chi connectivity index (χ0n) is 41.8. The van der Waals surface area contributed by atoms with E-state index in [0.717, 1.165) is 73.7 Å². The predicted octanol–water partition coefficient (Wildman–Crippen LogP) is 14.6. The van der Waals surface area contributed by atoms with E-state index in [9.17, 15) is 5.11 Å². The molecule has 0 unspecified atom stereocenters. The Hall–Kier alpha value is -0.109. The van der Waals surface area contributed by atoms with Crippen LogP contribution in [0.2, 0.25) is 54.4 Å². The first kappa shape index (κ1) is 55.9. The minimum atomic E-state index is -2.05. The molecule has 0 amide bonds. The van der Waals surface area contributed by atoms with E-state index in [1.165, 1.54) is 18.4 Å². The number of hydrogen-bond donors (Lipinski definition) is 1. The summed E-state index contributed by atoms with van der Waals surface area (Å²) in [5.41, 5.74) is 1.38. The molecule has 1 N–H and O–H groups in total. The summed E-state index contributed by atoms with van der Waals surface area (Å²) < 4.78 is 34.9. The number of rotatable bonds is 31. The number of aliphatic hydroxyl groups is 1. The Kier molecular flexibility index (Phi) is 26.8. The van der Waals surface area contributed by atoms with Gasteiger partial charge in [-0.05, 0) is 111 Å². The summed E-state index contributed by atoms with van der Waals surface area (Å²) in [4.78, 5) is 0. The highest BCUT2D eigenvalue weighted by atomic mass is 28.4. The van der Waals surface area contributed by atoms with Gasteiger partial charge in [0, 0.05) is 30.8 Å². The van der Waals surface area contributed by atoms with Gasteiger partial charge in [0.1, 0.15) is 0 Å². The summed E-state index contributed by atoms with van der Waals surface area (Å²) in [6.07, 6.45) is 12.5. The Morgan fingerprint density at radius 1 is 0.690 bits per heavy atom. The van der Waals surface area contributed by atoms with Crippen molar-refractivity contribution >= 4 is 25.0 Å². The molecule has 1 rings (SSSR count). The first-order chi connectivity index (χ1) is 27.4. The van der Waals surface area contributed by atoms with Gasteiger partial charge in [0.05, 0.1) is 30.5 Å². The van der Waals surface area contributed by atoms with Crippen molar-refractivity contribution in [3.8, 4) is 0 Å².